The molecule has 0 aliphatic heterocycles. The average Bonchev–Trinajstić information content (AvgIpc) is 3.02. The lowest BCUT2D eigenvalue weighted by Crippen LogP contribution is -2.42. The van der Waals surface area contributed by atoms with Crippen molar-refractivity contribution in [2.24, 2.45) is 5.73 Å². The summed E-state index contributed by atoms with van der Waals surface area (Å²) < 4.78 is 10.2. The Labute approximate surface area is 133 Å². The van der Waals surface area contributed by atoms with Gasteiger partial charge in [-0.3, -0.25) is 9.59 Å². The van der Waals surface area contributed by atoms with E-state index in [1.54, 1.807) is 19.2 Å². The number of nitrogens with one attached hydrogen (secondary N) is 1. The predicted molar refractivity (Wildman–Crippen MR) is 81.4 cm³/mol. The molecular weight excluding hydrogens is 300 g/mol. The third-order valence-electron chi connectivity index (χ3n) is 3.19. The second kappa shape index (κ2) is 7.39. The summed E-state index contributed by atoms with van der Waals surface area (Å²) in [5.74, 6) is 0.627. The zero-order chi connectivity index (χ0) is 16.8. The molecule has 2 aromatic rings. The smallest absolute Gasteiger partial charge is 0.239 e. The monoisotopic (exact) mass is 318 g/mol. The second-order valence-electron chi connectivity index (χ2n) is 4.93. The van der Waals surface area contributed by atoms with Crippen molar-refractivity contribution in [1.82, 2.24) is 15.5 Å². The summed E-state index contributed by atoms with van der Waals surface area (Å²) in [7, 11) is 1.59. The molecule has 0 aliphatic rings. The minimum atomic E-state index is -0.708. The van der Waals surface area contributed by atoms with E-state index in [0.717, 1.165) is 11.3 Å². The van der Waals surface area contributed by atoms with Crippen LogP contribution in [0.4, 0.5) is 0 Å². The molecule has 0 aliphatic carbocycles. The molecular formula is C15H18N4O4. The van der Waals surface area contributed by atoms with E-state index in [1.807, 2.05) is 12.1 Å². The Morgan fingerprint density at radius 3 is 2.65 bits per heavy atom. The van der Waals surface area contributed by atoms with Crippen LogP contribution in [0.15, 0.2) is 28.8 Å². The summed E-state index contributed by atoms with van der Waals surface area (Å²) >= 11 is 0. The standard InChI is InChI=1S/C15H18N4O4/c1-9(14(16)21)17-12(20)7-8-13-18-15(19-23-13)10-3-5-11(22-2)6-4-10/h3-6,9H,7-8H2,1-2H3,(H2,16,21)(H,17,20). The van der Waals surface area contributed by atoms with Gasteiger partial charge in [0.15, 0.2) is 0 Å². The van der Waals surface area contributed by atoms with Gasteiger partial charge in [-0.25, -0.2) is 0 Å². The Kier molecular flexibility index (Phi) is 5.29. The molecule has 1 aromatic heterocycles. The van der Waals surface area contributed by atoms with Crippen molar-refractivity contribution in [2.75, 3.05) is 7.11 Å². The number of methoxy groups -OCH3 is 1. The van der Waals surface area contributed by atoms with Crippen molar-refractivity contribution in [3.8, 4) is 17.1 Å². The van der Waals surface area contributed by atoms with Crippen LogP contribution in [0.1, 0.15) is 19.2 Å². The summed E-state index contributed by atoms with van der Waals surface area (Å²) in [6.45, 7) is 1.52. The van der Waals surface area contributed by atoms with Gasteiger partial charge in [0.05, 0.1) is 7.11 Å². The number of aromatic nitrogens is 2. The van der Waals surface area contributed by atoms with Crippen LogP contribution in [-0.4, -0.2) is 35.1 Å². The van der Waals surface area contributed by atoms with Gasteiger partial charge in [0.25, 0.3) is 0 Å². The van der Waals surface area contributed by atoms with Crippen molar-refractivity contribution >= 4 is 11.8 Å². The molecule has 0 saturated carbocycles. The molecule has 0 radical (unpaired) electrons. The lowest BCUT2D eigenvalue weighted by Gasteiger charge is -2.08. The highest BCUT2D eigenvalue weighted by atomic mass is 16.5. The Hall–Kier alpha value is -2.90. The third kappa shape index (κ3) is 4.53. The molecule has 0 spiro atoms. The summed E-state index contributed by atoms with van der Waals surface area (Å²) in [4.78, 5) is 26.8. The van der Waals surface area contributed by atoms with E-state index in [-0.39, 0.29) is 18.7 Å². The summed E-state index contributed by atoms with van der Waals surface area (Å²) in [6, 6.07) is 6.51. The molecule has 2 amide bonds. The molecule has 1 aromatic carbocycles. The number of primary amides is 1. The SMILES string of the molecule is COc1ccc(-c2noc(CCC(=O)NC(C)C(N)=O)n2)cc1. The Balaban J connectivity index is 1.91. The van der Waals surface area contributed by atoms with Crippen LogP contribution in [-0.2, 0) is 16.0 Å². The number of ether oxygens (including phenoxy) is 1. The van der Waals surface area contributed by atoms with Crippen molar-refractivity contribution < 1.29 is 18.8 Å². The molecule has 122 valence electrons. The normalized spacial score (nSPS) is 11.7. The molecule has 1 atom stereocenters. The fraction of sp³-hybridized carbons (Fsp3) is 0.333. The van der Waals surface area contributed by atoms with Gasteiger partial charge in [-0.05, 0) is 31.2 Å². The molecule has 0 bridgehead atoms. The summed E-state index contributed by atoms with van der Waals surface area (Å²) in [6.07, 6.45) is 0.405. The summed E-state index contributed by atoms with van der Waals surface area (Å²) in [5, 5.41) is 6.36. The van der Waals surface area contributed by atoms with Crippen LogP contribution in [0.5, 0.6) is 5.75 Å². The van der Waals surface area contributed by atoms with Gasteiger partial charge in [-0.2, -0.15) is 4.98 Å². The lowest BCUT2D eigenvalue weighted by atomic mass is 10.2. The number of rotatable bonds is 7. The largest absolute Gasteiger partial charge is 0.497 e. The first-order chi connectivity index (χ1) is 11.0. The van der Waals surface area contributed by atoms with Gasteiger partial charge >= 0.3 is 0 Å². The van der Waals surface area contributed by atoms with Crippen LogP contribution < -0.4 is 15.8 Å². The van der Waals surface area contributed by atoms with Gasteiger partial charge in [0, 0.05) is 18.4 Å². The van der Waals surface area contributed by atoms with E-state index in [1.165, 1.54) is 6.92 Å². The number of hydrogen-bond acceptors (Lipinski definition) is 6. The maximum absolute atomic E-state index is 11.7. The molecule has 2 rings (SSSR count). The Bertz CT molecular complexity index is 681. The van der Waals surface area contributed by atoms with Gasteiger partial charge < -0.3 is 20.3 Å². The van der Waals surface area contributed by atoms with Gasteiger partial charge in [0.1, 0.15) is 11.8 Å². The van der Waals surface area contributed by atoms with Crippen LogP contribution in [0.25, 0.3) is 11.4 Å². The number of nitrogens with zero attached hydrogens (tertiary/aromatic N) is 2. The molecule has 3 N–H and O–H groups in total. The van der Waals surface area contributed by atoms with Gasteiger partial charge in [-0.15, -0.1) is 0 Å². The van der Waals surface area contributed by atoms with Crippen molar-refractivity contribution in [2.45, 2.75) is 25.8 Å². The molecule has 0 saturated heterocycles. The third-order valence-corrected chi connectivity index (χ3v) is 3.19. The van der Waals surface area contributed by atoms with E-state index in [2.05, 4.69) is 15.5 Å². The van der Waals surface area contributed by atoms with Gasteiger partial charge in [0.2, 0.25) is 23.5 Å². The number of aryl methyl sites for hydroxylation is 1. The van der Waals surface area contributed by atoms with E-state index in [4.69, 9.17) is 15.0 Å². The number of benzene rings is 1. The first-order valence-corrected chi connectivity index (χ1v) is 7.05. The zero-order valence-electron chi connectivity index (χ0n) is 12.9. The predicted octanol–water partition coefficient (Wildman–Crippen LogP) is 0.668. The fourth-order valence-electron chi connectivity index (χ4n) is 1.82. The number of hydrogen-bond donors (Lipinski definition) is 2. The highest BCUT2D eigenvalue weighted by Gasteiger charge is 2.14. The number of nitrogens with two attached hydrogens (primary N) is 1. The van der Waals surface area contributed by atoms with Crippen molar-refractivity contribution in [3.63, 3.8) is 0 Å². The summed E-state index contributed by atoms with van der Waals surface area (Å²) in [5.41, 5.74) is 5.86. The molecule has 1 heterocycles. The van der Waals surface area contributed by atoms with Crippen molar-refractivity contribution in [1.29, 1.82) is 0 Å². The maximum Gasteiger partial charge on any atom is 0.239 e. The first kappa shape index (κ1) is 16.5. The van der Waals surface area contributed by atoms with Crippen LogP contribution in [0.2, 0.25) is 0 Å². The highest BCUT2D eigenvalue weighted by molar-refractivity contribution is 5.86. The van der Waals surface area contributed by atoms with E-state index >= 15 is 0 Å². The van der Waals surface area contributed by atoms with Crippen molar-refractivity contribution in [3.05, 3.63) is 30.2 Å². The van der Waals surface area contributed by atoms with Crippen LogP contribution >= 0.6 is 0 Å². The number of amides is 2. The fourth-order valence-corrected chi connectivity index (χ4v) is 1.82. The van der Waals surface area contributed by atoms with Crippen LogP contribution in [0, 0.1) is 0 Å². The number of carbonyl (C=O) groups excluding carboxylic acids is 2. The Morgan fingerprint density at radius 2 is 2.04 bits per heavy atom. The molecule has 8 heteroatoms. The topological polar surface area (TPSA) is 120 Å². The first-order valence-electron chi connectivity index (χ1n) is 7.05. The second-order valence-corrected chi connectivity index (χ2v) is 4.93. The Morgan fingerprint density at radius 1 is 1.35 bits per heavy atom. The molecule has 1 unspecified atom stereocenters. The van der Waals surface area contributed by atoms with Gasteiger partial charge in [-0.1, -0.05) is 5.16 Å². The number of carbonyl (C=O) groups is 2. The quantitative estimate of drug-likeness (QED) is 0.774. The maximum atomic E-state index is 11.7. The molecule has 0 fully saturated rings. The minimum absolute atomic E-state index is 0.127. The molecule has 23 heavy (non-hydrogen) atoms. The van der Waals surface area contributed by atoms with E-state index in [9.17, 15) is 9.59 Å². The minimum Gasteiger partial charge on any atom is -0.497 e. The van der Waals surface area contributed by atoms with Crippen LogP contribution in [0.3, 0.4) is 0 Å². The zero-order valence-corrected chi connectivity index (χ0v) is 12.9. The lowest BCUT2D eigenvalue weighted by molar-refractivity contribution is -0.127. The highest BCUT2D eigenvalue weighted by Crippen LogP contribution is 2.19. The van der Waals surface area contributed by atoms with E-state index in [0.29, 0.717) is 11.7 Å². The molecule has 8 nitrogen and oxygen atoms in total. The average molecular weight is 318 g/mol. The van der Waals surface area contributed by atoms with E-state index < -0.39 is 11.9 Å².